The van der Waals surface area contributed by atoms with Gasteiger partial charge in [-0.3, -0.25) is 4.79 Å². The van der Waals surface area contributed by atoms with Crippen LogP contribution in [-0.2, 0) is 20.0 Å². The molecule has 7 nitrogen and oxygen atoms in total. The van der Waals surface area contributed by atoms with Crippen LogP contribution in [0.25, 0.3) is 0 Å². The van der Waals surface area contributed by atoms with Gasteiger partial charge in [-0.1, -0.05) is 37.8 Å². The lowest BCUT2D eigenvalue weighted by atomic mass is 10.0. The van der Waals surface area contributed by atoms with Gasteiger partial charge in [-0.25, -0.2) is 26.7 Å². The minimum absolute atomic E-state index is 0.101. The van der Waals surface area contributed by atoms with Crippen LogP contribution in [0.15, 0.2) is 52.3 Å². The van der Waals surface area contributed by atoms with Crippen LogP contribution < -0.4 is 9.86 Å². The van der Waals surface area contributed by atoms with E-state index >= 15 is 0 Å². The molecule has 9 heteroatoms. The summed E-state index contributed by atoms with van der Waals surface area (Å²) in [6.45, 7) is 5.66. The highest BCUT2D eigenvalue weighted by atomic mass is 32.2. The molecule has 0 aliphatic rings. The molecule has 2 rings (SSSR count). The first-order chi connectivity index (χ1) is 12.9. The molecule has 0 radical (unpaired) electrons. The van der Waals surface area contributed by atoms with Crippen LogP contribution in [0.4, 0.5) is 0 Å². The molecule has 0 aliphatic heterocycles. The van der Waals surface area contributed by atoms with E-state index in [1.54, 1.807) is 13.0 Å². The molecule has 0 aliphatic carbocycles. The molecule has 0 saturated heterocycles. The number of hydrogen-bond acceptors (Lipinski definition) is 5. The Bertz CT molecular complexity index is 1190. The zero-order valence-corrected chi connectivity index (χ0v) is 17.2. The zero-order chi connectivity index (χ0) is 21.1. The molecule has 0 aromatic heterocycles. The van der Waals surface area contributed by atoms with Gasteiger partial charge >= 0.3 is 0 Å². The Kier molecular flexibility index (Phi) is 6.29. The van der Waals surface area contributed by atoms with Crippen LogP contribution in [0.2, 0.25) is 0 Å². The zero-order valence-electron chi connectivity index (χ0n) is 15.6. The van der Waals surface area contributed by atoms with Crippen molar-refractivity contribution >= 4 is 26.0 Å². The van der Waals surface area contributed by atoms with Crippen LogP contribution >= 0.6 is 0 Å². The van der Waals surface area contributed by atoms with Gasteiger partial charge in [0, 0.05) is 17.0 Å². The van der Waals surface area contributed by atoms with E-state index in [9.17, 15) is 21.6 Å². The van der Waals surface area contributed by atoms with Crippen LogP contribution in [0, 0.1) is 24.7 Å². The first kappa shape index (κ1) is 21.6. The molecule has 2 aromatic carbocycles. The summed E-state index contributed by atoms with van der Waals surface area (Å²) in [5.74, 6) is 5.31. The quantitative estimate of drug-likeness (QED) is 0.730. The van der Waals surface area contributed by atoms with Crippen molar-refractivity contribution in [1.29, 1.82) is 0 Å². The van der Waals surface area contributed by atoms with Crippen LogP contribution in [0.3, 0.4) is 0 Å². The molecule has 148 valence electrons. The molecule has 0 bridgehead atoms. The molecule has 0 unspecified atom stereocenters. The maximum Gasteiger partial charge on any atom is 0.265 e. The fourth-order valence-electron chi connectivity index (χ4n) is 2.31. The van der Waals surface area contributed by atoms with E-state index in [4.69, 9.17) is 5.14 Å². The van der Waals surface area contributed by atoms with E-state index in [2.05, 4.69) is 11.8 Å². The number of carbonyl (C=O) groups excluding carboxylic acids is 1. The SMILES string of the molecule is Cc1cc(C(=O)NS(=O)(=O)c2ccccc2S(N)(=O)=O)ccc1C#CC(C)C. The van der Waals surface area contributed by atoms with Gasteiger partial charge in [-0.05, 0) is 42.8 Å². The van der Waals surface area contributed by atoms with Crippen LogP contribution in [-0.4, -0.2) is 22.7 Å². The summed E-state index contributed by atoms with van der Waals surface area (Å²) in [5.41, 5.74) is 1.54. The highest BCUT2D eigenvalue weighted by molar-refractivity contribution is 7.92. The minimum Gasteiger partial charge on any atom is -0.268 e. The number of rotatable bonds is 4. The van der Waals surface area contributed by atoms with E-state index in [0.29, 0.717) is 5.56 Å². The molecule has 0 spiro atoms. The average Bonchev–Trinajstić information content (AvgIpc) is 2.59. The Morgan fingerprint density at radius 1 is 1.04 bits per heavy atom. The number of nitrogens with one attached hydrogen (secondary N) is 1. The van der Waals surface area contributed by atoms with Crippen molar-refractivity contribution in [2.45, 2.75) is 30.6 Å². The summed E-state index contributed by atoms with van der Waals surface area (Å²) in [5, 5.41) is 5.06. The molecule has 0 fully saturated rings. The number of nitrogens with two attached hydrogens (primary N) is 1. The molecule has 0 saturated carbocycles. The first-order valence-electron chi connectivity index (χ1n) is 8.23. The highest BCUT2D eigenvalue weighted by Crippen LogP contribution is 2.20. The van der Waals surface area contributed by atoms with E-state index in [0.717, 1.165) is 17.7 Å². The molecule has 0 atom stereocenters. The lowest BCUT2D eigenvalue weighted by Gasteiger charge is -2.11. The summed E-state index contributed by atoms with van der Waals surface area (Å²) in [6.07, 6.45) is 0. The Morgan fingerprint density at radius 3 is 2.18 bits per heavy atom. The average molecular weight is 421 g/mol. The van der Waals surface area contributed by atoms with Gasteiger partial charge in [0.2, 0.25) is 10.0 Å². The van der Waals surface area contributed by atoms with Crippen molar-refractivity contribution < 1.29 is 21.6 Å². The number of hydrogen-bond donors (Lipinski definition) is 2. The van der Waals surface area contributed by atoms with Crippen molar-refractivity contribution in [3.8, 4) is 11.8 Å². The summed E-state index contributed by atoms with van der Waals surface area (Å²) in [4.78, 5) is 11.2. The maximum absolute atomic E-state index is 12.5. The number of carbonyl (C=O) groups is 1. The Hall–Kier alpha value is -2.67. The topological polar surface area (TPSA) is 123 Å². The lowest BCUT2D eigenvalue weighted by Crippen LogP contribution is -2.32. The van der Waals surface area contributed by atoms with Crippen molar-refractivity contribution in [2.75, 3.05) is 0 Å². The standard InChI is InChI=1S/C19H20N2O5S2/c1-13(2)8-9-15-10-11-16(12-14(15)3)19(22)21-28(25,26)18-7-5-4-6-17(18)27(20,23)24/h4-7,10-13H,1-3H3,(H,21,22)(H2,20,23,24). The predicted molar refractivity (Wildman–Crippen MR) is 105 cm³/mol. The summed E-state index contributed by atoms with van der Waals surface area (Å²) in [7, 11) is -8.74. The third kappa shape index (κ3) is 5.19. The molecule has 28 heavy (non-hydrogen) atoms. The molecular weight excluding hydrogens is 400 g/mol. The number of benzene rings is 2. The van der Waals surface area contributed by atoms with E-state index in [1.165, 1.54) is 24.3 Å². The van der Waals surface area contributed by atoms with Crippen LogP contribution in [0.1, 0.15) is 35.3 Å². The molecule has 3 N–H and O–H groups in total. The maximum atomic E-state index is 12.5. The summed E-state index contributed by atoms with van der Waals surface area (Å²) in [6, 6.07) is 9.38. The summed E-state index contributed by atoms with van der Waals surface area (Å²) < 4.78 is 50.2. The minimum atomic E-state index is -4.45. The predicted octanol–water partition coefficient (Wildman–Crippen LogP) is 1.77. The molecule has 2 aromatic rings. The normalized spacial score (nSPS) is 11.6. The van der Waals surface area contributed by atoms with E-state index < -0.39 is 35.7 Å². The Balaban J connectivity index is 2.36. The highest BCUT2D eigenvalue weighted by Gasteiger charge is 2.26. The van der Waals surface area contributed by atoms with Gasteiger partial charge in [-0.2, -0.15) is 0 Å². The smallest absolute Gasteiger partial charge is 0.265 e. The second kappa shape index (κ2) is 8.14. The number of amides is 1. The third-order valence-electron chi connectivity index (χ3n) is 3.66. The number of aryl methyl sites for hydroxylation is 1. The van der Waals surface area contributed by atoms with Crippen LogP contribution in [0.5, 0.6) is 0 Å². The van der Waals surface area contributed by atoms with Crippen molar-refractivity contribution in [3.05, 3.63) is 59.2 Å². The van der Waals surface area contributed by atoms with E-state index in [1.807, 2.05) is 18.6 Å². The number of sulfonamides is 2. The van der Waals surface area contributed by atoms with Crippen molar-refractivity contribution in [1.82, 2.24) is 4.72 Å². The Morgan fingerprint density at radius 2 is 1.64 bits per heavy atom. The van der Waals surface area contributed by atoms with Crippen molar-refractivity contribution in [2.24, 2.45) is 11.1 Å². The fraction of sp³-hybridized carbons (Fsp3) is 0.211. The molecule has 1 amide bonds. The van der Waals surface area contributed by atoms with Gasteiger partial charge in [0.1, 0.15) is 9.79 Å². The monoisotopic (exact) mass is 420 g/mol. The fourth-order valence-corrected chi connectivity index (χ4v) is 4.67. The molecular formula is C19H20N2O5S2. The van der Waals surface area contributed by atoms with Crippen molar-refractivity contribution in [3.63, 3.8) is 0 Å². The second-order valence-corrected chi connectivity index (χ2v) is 9.56. The number of primary sulfonamides is 1. The molecule has 0 heterocycles. The summed E-state index contributed by atoms with van der Waals surface area (Å²) >= 11 is 0. The lowest BCUT2D eigenvalue weighted by molar-refractivity contribution is 0.0981. The third-order valence-corrected chi connectivity index (χ3v) is 6.14. The van der Waals surface area contributed by atoms with Gasteiger partial charge < -0.3 is 0 Å². The van der Waals surface area contributed by atoms with Gasteiger partial charge in [0.05, 0.1) is 0 Å². The van der Waals surface area contributed by atoms with Gasteiger partial charge in [0.15, 0.2) is 0 Å². The van der Waals surface area contributed by atoms with Gasteiger partial charge in [-0.15, -0.1) is 0 Å². The van der Waals surface area contributed by atoms with E-state index in [-0.39, 0.29) is 11.5 Å². The Labute approximate surface area is 165 Å². The second-order valence-electron chi connectivity index (χ2n) is 6.38. The largest absolute Gasteiger partial charge is 0.268 e. The van der Waals surface area contributed by atoms with Gasteiger partial charge in [0.25, 0.3) is 15.9 Å². The first-order valence-corrected chi connectivity index (χ1v) is 11.3.